The molecule has 136 valence electrons. The highest BCUT2D eigenvalue weighted by molar-refractivity contribution is 6.07. The van der Waals surface area contributed by atoms with Gasteiger partial charge in [-0.05, 0) is 54.6 Å². The fraction of sp³-hybridized carbons (Fsp3) is 0.136. The molecule has 5 heteroatoms. The van der Waals surface area contributed by atoms with Crippen molar-refractivity contribution in [3.63, 3.8) is 0 Å². The molecule has 0 atom stereocenters. The van der Waals surface area contributed by atoms with Gasteiger partial charge in [0.15, 0.2) is 17.3 Å². The van der Waals surface area contributed by atoms with Crippen molar-refractivity contribution in [3.05, 3.63) is 83.8 Å². The molecule has 0 saturated heterocycles. The van der Waals surface area contributed by atoms with Crippen LogP contribution in [-0.2, 0) is 6.61 Å². The Kier molecular flexibility index (Phi) is 4.92. The summed E-state index contributed by atoms with van der Waals surface area (Å²) < 4.78 is 22.3. The lowest BCUT2D eigenvalue weighted by atomic mass is 10.1. The average molecular weight is 362 g/mol. The number of hydrogen-bond acceptors (Lipinski definition) is 5. The predicted molar refractivity (Wildman–Crippen MR) is 100 cm³/mol. The van der Waals surface area contributed by atoms with Crippen LogP contribution in [0.5, 0.6) is 17.2 Å². The number of allylic oxidation sites excluding steroid dienone is 1. The highest BCUT2D eigenvalue weighted by atomic mass is 16.6. The lowest BCUT2D eigenvalue weighted by molar-refractivity contribution is 0.104. The smallest absolute Gasteiger partial charge is 0.186 e. The molecule has 0 fully saturated rings. The van der Waals surface area contributed by atoms with Crippen molar-refractivity contribution in [1.82, 2.24) is 0 Å². The average Bonchev–Trinajstić information content (AvgIpc) is 3.19. The molecule has 0 amide bonds. The summed E-state index contributed by atoms with van der Waals surface area (Å²) in [6, 6.07) is 18.3. The quantitative estimate of drug-likeness (QED) is 0.476. The molecule has 2 heterocycles. The van der Waals surface area contributed by atoms with Crippen LogP contribution in [0.4, 0.5) is 0 Å². The molecule has 1 aromatic heterocycles. The highest BCUT2D eigenvalue weighted by Crippen LogP contribution is 2.31. The molecule has 5 nitrogen and oxygen atoms in total. The van der Waals surface area contributed by atoms with E-state index >= 15 is 0 Å². The molecule has 0 spiro atoms. The third-order valence-electron chi connectivity index (χ3n) is 4.03. The van der Waals surface area contributed by atoms with Crippen LogP contribution in [0.1, 0.15) is 21.9 Å². The van der Waals surface area contributed by atoms with Crippen molar-refractivity contribution in [2.24, 2.45) is 0 Å². The monoisotopic (exact) mass is 362 g/mol. The van der Waals surface area contributed by atoms with Gasteiger partial charge in [0.1, 0.15) is 37.1 Å². The zero-order chi connectivity index (χ0) is 18.5. The Hall–Kier alpha value is -3.47. The first-order valence-electron chi connectivity index (χ1n) is 8.66. The van der Waals surface area contributed by atoms with E-state index in [-0.39, 0.29) is 5.78 Å². The molecule has 3 aromatic rings. The molecule has 27 heavy (non-hydrogen) atoms. The van der Waals surface area contributed by atoms with E-state index in [2.05, 4.69) is 0 Å². The number of ether oxygens (including phenoxy) is 3. The second-order valence-electron chi connectivity index (χ2n) is 5.96. The SMILES string of the molecule is O=C(/C=C/c1ccc(COc2ccccc2)o1)c1ccc2c(c1)OCCO2. The summed E-state index contributed by atoms with van der Waals surface area (Å²) >= 11 is 0. The van der Waals surface area contributed by atoms with Crippen LogP contribution < -0.4 is 14.2 Å². The number of carbonyl (C=O) groups is 1. The summed E-state index contributed by atoms with van der Waals surface area (Å²) in [7, 11) is 0. The van der Waals surface area contributed by atoms with Gasteiger partial charge < -0.3 is 18.6 Å². The Morgan fingerprint density at radius 3 is 2.63 bits per heavy atom. The number of carbonyl (C=O) groups excluding carboxylic acids is 1. The molecule has 0 bridgehead atoms. The minimum Gasteiger partial charge on any atom is -0.486 e. The Morgan fingerprint density at radius 2 is 1.78 bits per heavy atom. The van der Waals surface area contributed by atoms with E-state index in [1.807, 2.05) is 36.4 Å². The van der Waals surface area contributed by atoms with Crippen molar-refractivity contribution in [1.29, 1.82) is 0 Å². The van der Waals surface area contributed by atoms with Gasteiger partial charge in [-0.3, -0.25) is 4.79 Å². The van der Waals surface area contributed by atoms with Gasteiger partial charge in [-0.15, -0.1) is 0 Å². The van der Waals surface area contributed by atoms with E-state index in [1.165, 1.54) is 6.08 Å². The largest absolute Gasteiger partial charge is 0.486 e. The summed E-state index contributed by atoms with van der Waals surface area (Å²) in [5.74, 6) is 3.18. The number of rotatable bonds is 6. The van der Waals surface area contributed by atoms with Crippen LogP contribution in [-0.4, -0.2) is 19.0 Å². The van der Waals surface area contributed by atoms with Gasteiger partial charge in [0.05, 0.1) is 0 Å². The topological polar surface area (TPSA) is 57.9 Å². The second kappa shape index (κ2) is 7.83. The lowest BCUT2D eigenvalue weighted by Gasteiger charge is -2.18. The Bertz CT molecular complexity index is 956. The third kappa shape index (κ3) is 4.20. The highest BCUT2D eigenvalue weighted by Gasteiger charge is 2.13. The second-order valence-corrected chi connectivity index (χ2v) is 5.96. The van der Waals surface area contributed by atoms with Crippen LogP contribution in [0.25, 0.3) is 6.08 Å². The number of benzene rings is 2. The predicted octanol–water partition coefficient (Wildman–Crippen LogP) is 4.53. The van der Waals surface area contributed by atoms with Gasteiger partial charge in [-0.25, -0.2) is 0 Å². The number of fused-ring (bicyclic) bond motifs is 1. The summed E-state index contributed by atoms with van der Waals surface area (Å²) in [4.78, 5) is 12.4. The third-order valence-corrected chi connectivity index (χ3v) is 4.03. The summed E-state index contributed by atoms with van der Waals surface area (Å²) in [6.07, 6.45) is 3.12. The normalized spacial score (nSPS) is 12.9. The van der Waals surface area contributed by atoms with Crippen LogP contribution in [0.15, 0.2) is 71.2 Å². The van der Waals surface area contributed by atoms with Gasteiger partial charge in [-0.1, -0.05) is 18.2 Å². The maximum absolute atomic E-state index is 12.4. The minimum atomic E-state index is -0.134. The molecular formula is C22H18O5. The maximum Gasteiger partial charge on any atom is 0.186 e. The van der Waals surface area contributed by atoms with E-state index in [9.17, 15) is 4.79 Å². The molecule has 0 unspecified atom stereocenters. The number of ketones is 1. The van der Waals surface area contributed by atoms with Crippen molar-refractivity contribution >= 4 is 11.9 Å². The first-order valence-corrected chi connectivity index (χ1v) is 8.66. The Morgan fingerprint density at radius 1 is 0.963 bits per heavy atom. The molecule has 1 aliphatic heterocycles. The van der Waals surface area contributed by atoms with Crippen LogP contribution >= 0.6 is 0 Å². The first kappa shape index (κ1) is 17.0. The maximum atomic E-state index is 12.4. The number of hydrogen-bond donors (Lipinski definition) is 0. The number of furan rings is 1. The molecule has 1 aliphatic rings. The molecule has 0 saturated carbocycles. The molecule has 0 aliphatic carbocycles. The Balaban J connectivity index is 1.38. The van der Waals surface area contributed by atoms with Crippen LogP contribution in [0.3, 0.4) is 0 Å². The van der Waals surface area contributed by atoms with Crippen molar-refractivity contribution in [2.75, 3.05) is 13.2 Å². The van der Waals surface area contributed by atoms with E-state index in [0.717, 1.165) is 5.75 Å². The van der Waals surface area contributed by atoms with Gasteiger partial charge in [0.2, 0.25) is 0 Å². The van der Waals surface area contributed by atoms with Gasteiger partial charge >= 0.3 is 0 Å². The fourth-order valence-corrected chi connectivity index (χ4v) is 2.68. The zero-order valence-corrected chi connectivity index (χ0v) is 14.6. The van der Waals surface area contributed by atoms with E-state index in [1.54, 1.807) is 30.3 Å². The molecule has 2 aromatic carbocycles. The lowest BCUT2D eigenvalue weighted by Crippen LogP contribution is -2.15. The molecule has 0 radical (unpaired) electrons. The van der Waals surface area contributed by atoms with Crippen molar-refractivity contribution < 1.29 is 23.4 Å². The van der Waals surface area contributed by atoms with Crippen LogP contribution in [0.2, 0.25) is 0 Å². The summed E-state index contributed by atoms with van der Waals surface area (Å²) in [5.41, 5.74) is 0.537. The van der Waals surface area contributed by atoms with Crippen molar-refractivity contribution in [3.8, 4) is 17.2 Å². The first-order chi connectivity index (χ1) is 13.3. The minimum absolute atomic E-state index is 0.134. The summed E-state index contributed by atoms with van der Waals surface area (Å²) in [6.45, 7) is 1.34. The molecule has 0 N–H and O–H groups in total. The van der Waals surface area contributed by atoms with Gasteiger partial charge in [0.25, 0.3) is 0 Å². The standard InChI is InChI=1S/C22H18O5/c23-20(16-6-11-21-22(14-16)25-13-12-24-21)10-9-18-7-8-19(27-18)15-26-17-4-2-1-3-5-17/h1-11,14H,12-13,15H2/b10-9+. The fourth-order valence-electron chi connectivity index (χ4n) is 2.68. The zero-order valence-electron chi connectivity index (χ0n) is 14.6. The van der Waals surface area contributed by atoms with Crippen LogP contribution in [0, 0.1) is 0 Å². The van der Waals surface area contributed by atoms with Gasteiger partial charge in [-0.2, -0.15) is 0 Å². The molecular weight excluding hydrogens is 344 g/mol. The number of para-hydroxylation sites is 1. The van der Waals surface area contributed by atoms with Gasteiger partial charge in [0, 0.05) is 5.56 Å². The van der Waals surface area contributed by atoms with E-state index in [0.29, 0.717) is 48.4 Å². The van der Waals surface area contributed by atoms with E-state index < -0.39 is 0 Å². The molecule has 4 rings (SSSR count). The van der Waals surface area contributed by atoms with Crippen molar-refractivity contribution in [2.45, 2.75) is 6.61 Å². The summed E-state index contributed by atoms with van der Waals surface area (Å²) in [5, 5.41) is 0. The Labute approximate surface area is 156 Å². The van der Waals surface area contributed by atoms with E-state index in [4.69, 9.17) is 18.6 Å².